The Morgan fingerprint density at radius 2 is 1.92 bits per heavy atom. The molecule has 0 aliphatic carbocycles. The van der Waals surface area contributed by atoms with E-state index in [1.165, 1.54) is 24.4 Å². The van der Waals surface area contributed by atoms with Crippen LogP contribution in [0.3, 0.4) is 0 Å². The summed E-state index contributed by atoms with van der Waals surface area (Å²) in [7, 11) is 0. The standard InChI is InChI=1S/C15H11BrF3N5O/c16-10-5-6-13(20-7-10)15(18,19)14(25,8-24-9-21-22-23-24)11-3-1-2-4-12(11)17/h1-7,9,25H,8H2. The summed E-state index contributed by atoms with van der Waals surface area (Å²) in [6, 6.07) is 7.18. The van der Waals surface area contributed by atoms with Gasteiger partial charge in [-0.25, -0.2) is 9.07 Å². The predicted molar refractivity (Wildman–Crippen MR) is 83.9 cm³/mol. The number of halogens is 4. The number of hydrogen-bond donors (Lipinski definition) is 1. The van der Waals surface area contributed by atoms with Gasteiger partial charge in [0.2, 0.25) is 0 Å². The fourth-order valence-electron chi connectivity index (χ4n) is 2.41. The number of alkyl halides is 2. The Balaban J connectivity index is 2.16. The minimum Gasteiger partial charge on any atom is -0.377 e. The van der Waals surface area contributed by atoms with Crippen LogP contribution in [-0.2, 0) is 18.1 Å². The maximum Gasteiger partial charge on any atom is 0.323 e. The molecule has 1 N–H and O–H groups in total. The summed E-state index contributed by atoms with van der Waals surface area (Å²) in [4.78, 5) is 3.66. The quantitative estimate of drug-likeness (QED) is 0.695. The number of rotatable bonds is 5. The van der Waals surface area contributed by atoms with Gasteiger partial charge in [0, 0.05) is 16.2 Å². The van der Waals surface area contributed by atoms with Crippen molar-refractivity contribution in [3.05, 3.63) is 70.5 Å². The van der Waals surface area contributed by atoms with Crippen LogP contribution in [0.1, 0.15) is 11.3 Å². The van der Waals surface area contributed by atoms with Gasteiger partial charge in [0.1, 0.15) is 17.8 Å². The van der Waals surface area contributed by atoms with Crippen LogP contribution in [0.15, 0.2) is 53.4 Å². The first kappa shape index (κ1) is 17.5. The summed E-state index contributed by atoms with van der Waals surface area (Å²) in [5.41, 5.74) is -4.26. The van der Waals surface area contributed by atoms with Crippen LogP contribution in [0, 0.1) is 5.82 Å². The predicted octanol–water partition coefficient (Wildman–Crippen LogP) is 2.65. The van der Waals surface area contributed by atoms with E-state index in [1.807, 2.05) is 0 Å². The molecule has 0 aliphatic rings. The summed E-state index contributed by atoms with van der Waals surface area (Å²) in [5, 5.41) is 21.1. The summed E-state index contributed by atoms with van der Waals surface area (Å²) < 4.78 is 46.1. The summed E-state index contributed by atoms with van der Waals surface area (Å²) in [5.74, 6) is -4.91. The second-order valence-corrected chi connectivity index (χ2v) is 6.20. The van der Waals surface area contributed by atoms with E-state index in [2.05, 4.69) is 36.4 Å². The normalized spacial score (nSPS) is 14.3. The maximum absolute atomic E-state index is 15.2. The van der Waals surface area contributed by atoms with Crippen LogP contribution in [0.2, 0.25) is 0 Å². The van der Waals surface area contributed by atoms with E-state index in [0.29, 0.717) is 4.47 Å². The van der Waals surface area contributed by atoms with Crippen LogP contribution < -0.4 is 0 Å². The number of benzene rings is 1. The zero-order valence-electron chi connectivity index (χ0n) is 12.5. The number of tetrazole rings is 1. The smallest absolute Gasteiger partial charge is 0.323 e. The molecule has 0 saturated carbocycles. The van der Waals surface area contributed by atoms with Gasteiger partial charge in [0.25, 0.3) is 0 Å². The van der Waals surface area contributed by atoms with Crippen LogP contribution in [-0.4, -0.2) is 30.3 Å². The van der Waals surface area contributed by atoms with Crippen LogP contribution in [0.4, 0.5) is 13.2 Å². The van der Waals surface area contributed by atoms with Crippen molar-refractivity contribution < 1.29 is 18.3 Å². The molecule has 0 saturated heterocycles. The Morgan fingerprint density at radius 1 is 1.16 bits per heavy atom. The average Bonchev–Trinajstić information content (AvgIpc) is 3.08. The Hall–Kier alpha value is -2.33. The van der Waals surface area contributed by atoms with Crippen LogP contribution in [0.25, 0.3) is 0 Å². The van der Waals surface area contributed by atoms with E-state index >= 15 is 8.78 Å². The van der Waals surface area contributed by atoms with E-state index in [0.717, 1.165) is 29.2 Å². The van der Waals surface area contributed by atoms with E-state index in [1.54, 1.807) is 0 Å². The maximum atomic E-state index is 15.2. The highest BCUT2D eigenvalue weighted by atomic mass is 79.9. The molecule has 130 valence electrons. The number of hydrogen-bond acceptors (Lipinski definition) is 5. The van der Waals surface area contributed by atoms with Crippen LogP contribution in [0.5, 0.6) is 0 Å². The molecule has 0 amide bonds. The van der Waals surface area contributed by atoms with E-state index in [9.17, 15) is 9.50 Å². The topological polar surface area (TPSA) is 76.7 Å². The number of pyridine rings is 1. The van der Waals surface area contributed by atoms with Gasteiger partial charge in [-0.15, -0.1) is 5.10 Å². The minimum atomic E-state index is -3.93. The SMILES string of the molecule is OC(Cn1cnnn1)(c1ccccc1F)C(F)(F)c1ccc(Br)cn1. The van der Waals surface area contributed by atoms with Gasteiger partial charge in [0.05, 0.1) is 6.54 Å². The first-order chi connectivity index (χ1) is 11.8. The van der Waals surface area contributed by atoms with Gasteiger partial charge in [-0.1, -0.05) is 18.2 Å². The number of nitrogens with zero attached hydrogens (tertiary/aromatic N) is 5. The average molecular weight is 414 g/mol. The van der Waals surface area contributed by atoms with Gasteiger partial charge >= 0.3 is 5.92 Å². The third-order valence-electron chi connectivity index (χ3n) is 3.67. The number of aromatic nitrogens is 5. The zero-order chi connectivity index (χ0) is 18.1. The fourth-order valence-corrected chi connectivity index (χ4v) is 2.65. The van der Waals surface area contributed by atoms with E-state index in [-0.39, 0.29) is 0 Å². The first-order valence-corrected chi connectivity index (χ1v) is 7.82. The molecule has 3 aromatic rings. The molecule has 0 spiro atoms. The third kappa shape index (κ3) is 3.14. The van der Waals surface area contributed by atoms with E-state index in [4.69, 9.17) is 0 Å². The summed E-state index contributed by atoms with van der Waals surface area (Å²) >= 11 is 3.11. The van der Waals surface area contributed by atoms with Crippen molar-refractivity contribution in [2.75, 3.05) is 0 Å². The molecule has 10 heteroatoms. The molecule has 0 aliphatic heterocycles. The Morgan fingerprint density at radius 3 is 2.52 bits per heavy atom. The molecular formula is C15H11BrF3N5O. The highest BCUT2D eigenvalue weighted by Crippen LogP contribution is 2.46. The molecule has 3 rings (SSSR count). The van der Waals surface area contributed by atoms with E-state index < -0.39 is 35.1 Å². The lowest BCUT2D eigenvalue weighted by Gasteiger charge is -2.35. The second kappa shape index (κ2) is 6.52. The van der Waals surface area contributed by atoms with Crippen molar-refractivity contribution in [2.45, 2.75) is 18.1 Å². The third-order valence-corrected chi connectivity index (χ3v) is 4.14. The molecule has 0 fully saturated rings. The molecular weight excluding hydrogens is 403 g/mol. The number of aliphatic hydroxyl groups is 1. The molecule has 0 radical (unpaired) electrons. The van der Waals surface area contributed by atoms with Crippen molar-refractivity contribution in [3.63, 3.8) is 0 Å². The molecule has 25 heavy (non-hydrogen) atoms. The van der Waals surface area contributed by atoms with Crippen LogP contribution >= 0.6 is 15.9 Å². The van der Waals surface area contributed by atoms with Gasteiger partial charge in [-0.05, 0) is 44.6 Å². The van der Waals surface area contributed by atoms with Crippen molar-refractivity contribution in [1.29, 1.82) is 0 Å². The lowest BCUT2D eigenvalue weighted by Crippen LogP contribution is -2.48. The minimum absolute atomic E-state index is 0.488. The summed E-state index contributed by atoms with van der Waals surface area (Å²) in [6.07, 6.45) is 2.22. The lowest BCUT2D eigenvalue weighted by molar-refractivity contribution is -0.207. The first-order valence-electron chi connectivity index (χ1n) is 7.02. The van der Waals surface area contributed by atoms with Crippen molar-refractivity contribution in [1.82, 2.24) is 25.2 Å². The highest BCUT2D eigenvalue weighted by molar-refractivity contribution is 9.10. The van der Waals surface area contributed by atoms with Gasteiger partial charge < -0.3 is 5.11 Å². The highest BCUT2D eigenvalue weighted by Gasteiger charge is 2.57. The van der Waals surface area contributed by atoms with Gasteiger partial charge in [-0.2, -0.15) is 8.78 Å². The monoisotopic (exact) mass is 413 g/mol. The Kier molecular flexibility index (Phi) is 4.56. The van der Waals surface area contributed by atoms with Gasteiger partial charge in [-0.3, -0.25) is 4.98 Å². The van der Waals surface area contributed by atoms with Gasteiger partial charge in [0.15, 0.2) is 5.60 Å². The largest absolute Gasteiger partial charge is 0.377 e. The molecule has 1 unspecified atom stereocenters. The Labute approximate surface area is 148 Å². The zero-order valence-corrected chi connectivity index (χ0v) is 14.1. The molecule has 2 aromatic heterocycles. The molecule has 6 nitrogen and oxygen atoms in total. The Bertz CT molecular complexity index is 860. The van der Waals surface area contributed by atoms with Crippen molar-refractivity contribution in [2.24, 2.45) is 0 Å². The fraction of sp³-hybridized carbons (Fsp3) is 0.200. The van der Waals surface area contributed by atoms with Crippen molar-refractivity contribution >= 4 is 15.9 Å². The molecule has 0 bridgehead atoms. The lowest BCUT2D eigenvalue weighted by atomic mass is 9.84. The second-order valence-electron chi connectivity index (χ2n) is 5.28. The molecule has 1 atom stereocenters. The van der Waals surface area contributed by atoms with Crippen molar-refractivity contribution in [3.8, 4) is 0 Å². The summed E-state index contributed by atoms with van der Waals surface area (Å²) in [6.45, 7) is -0.772. The molecule has 2 heterocycles. The molecule has 1 aromatic carbocycles.